The van der Waals surface area contributed by atoms with Gasteiger partial charge in [0.2, 0.25) is 0 Å². The normalized spacial score (nSPS) is 23.5. The van der Waals surface area contributed by atoms with Crippen LogP contribution in [-0.4, -0.2) is 78.9 Å². The maximum Gasteiger partial charge on any atom is 0.305 e. The molecule has 1 aliphatic rings. The quantitative estimate of drug-likeness (QED) is 0.397. The summed E-state index contributed by atoms with van der Waals surface area (Å²) >= 11 is 0. The molecule has 1 atom stereocenters. The van der Waals surface area contributed by atoms with E-state index in [1.54, 1.807) is 0 Å². The van der Waals surface area contributed by atoms with Gasteiger partial charge in [0.1, 0.15) is 12.3 Å². The first-order valence-corrected chi connectivity index (χ1v) is 8.37. The van der Waals surface area contributed by atoms with Crippen molar-refractivity contribution < 1.29 is 34.1 Å². The Morgan fingerprint density at radius 1 is 1.12 bits per heavy atom. The van der Waals surface area contributed by atoms with Gasteiger partial charge in [-0.05, 0) is 33.6 Å². The minimum Gasteiger partial charge on any atom is -0.463 e. The summed E-state index contributed by atoms with van der Waals surface area (Å²) in [6.45, 7) is 7.68. The number of hydrogen-bond acceptors (Lipinski definition) is 8. The molecule has 8 nitrogen and oxygen atoms in total. The van der Waals surface area contributed by atoms with Crippen LogP contribution in [0.3, 0.4) is 0 Å². The van der Waals surface area contributed by atoms with Crippen molar-refractivity contribution in [2.24, 2.45) is 0 Å². The number of ether oxygens (including phenoxy) is 4. The highest BCUT2D eigenvalue weighted by atomic mass is 16.6. The van der Waals surface area contributed by atoms with Crippen molar-refractivity contribution in [3.63, 3.8) is 0 Å². The molecule has 0 aliphatic carbocycles. The van der Waals surface area contributed by atoms with Crippen molar-refractivity contribution in [3.05, 3.63) is 0 Å². The molecule has 0 radical (unpaired) electrons. The van der Waals surface area contributed by atoms with Gasteiger partial charge < -0.3 is 29.3 Å². The third-order valence-corrected chi connectivity index (χ3v) is 3.88. The third kappa shape index (κ3) is 7.00. The highest BCUT2D eigenvalue weighted by molar-refractivity contribution is 5.69. The van der Waals surface area contributed by atoms with E-state index in [1.165, 1.54) is 5.06 Å². The number of hydrogen-bond donors (Lipinski definition) is 2. The molecule has 0 aromatic heterocycles. The van der Waals surface area contributed by atoms with Crippen LogP contribution in [0.4, 0.5) is 0 Å². The van der Waals surface area contributed by atoms with Crippen LogP contribution in [0.15, 0.2) is 0 Å². The number of aliphatic hydroxyl groups is 1. The maximum absolute atomic E-state index is 11.7. The molecule has 0 saturated carbocycles. The lowest BCUT2D eigenvalue weighted by Gasteiger charge is -2.34. The number of nitrogens with zero attached hydrogens (tertiary/aromatic N) is 1. The lowest BCUT2D eigenvalue weighted by atomic mass is 10.0. The molecule has 24 heavy (non-hydrogen) atoms. The second-order valence-corrected chi connectivity index (χ2v) is 6.61. The van der Waals surface area contributed by atoms with Crippen molar-refractivity contribution in [1.82, 2.24) is 5.06 Å². The van der Waals surface area contributed by atoms with E-state index < -0.39 is 11.3 Å². The number of hydroxylamine groups is 2. The zero-order chi connectivity index (χ0) is 18.1. The van der Waals surface area contributed by atoms with Crippen LogP contribution in [0.1, 0.15) is 40.0 Å². The number of esters is 1. The van der Waals surface area contributed by atoms with Gasteiger partial charge in [-0.1, -0.05) is 0 Å². The topological polar surface area (TPSA) is 97.7 Å². The summed E-state index contributed by atoms with van der Waals surface area (Å²) < 4.78 is 21.0. The summed E-state index contributed by atoms with van der Waals surface area (Å²) in [7, 11) is 0. The monoisotopic (exact) mass is 349 g/mol. The van der Waals surface area contributed by atoms with Gasteiger partial charge in [0.15, 0.2) is 0 Å². The van der Waals surface area contributed by atoms with Crippen molar-refractivity contribution in [2.75, 3.05) is 46.2 Å². The number of carbonyl (C=O) groups is 1. The Balaban J connectivity index is 2.04. The number of carbonyl (C=O) groups excluding carboxylic acids is 1. The lowest BCUT2D eigenvalue weighted by molar-refractivity contribution is -0.244. The fourth-order valence-electron chi connectivity index (χ4n) is 2.51. The molecule has 1 saturated heterocycles. The van der Waals surface area contributed by atoms with Crippen molar-refractivity contribution in [1.29, 1.82) is 0 Å². The molecular formula is C16H31NO7. The van der Waals surface area contributed by atoms with Crippen LogP contribution in [0.2, 0.25) is 0 Å². The standard InChI is InChI=1S/C16H31NO7/c1-15(2)13-24-16(3,17(15)20)6-4-5-14(19)23-12-11-22-10-9-21-8-7-18/h18,20H,4-13H2,1-3H3. The Labute approximate surface area is 143 Å². The molecule has 142 valence electrons. The Kier molecular flexibility index (Phi) is 9.11. The summed E-state index contributed by atoms with van der Waals surface area (Å²) in [4.78, 5) is 11.7. The average molecular weight is 349 g/mol. The van der Waals surface area contributed by atoms with E-state index in [-0.39, 0.29) is 25.6 Å². The molecule has 0 amide bonds. The Hall–Kier alpha value is -0.770. The van der Waals surface area contributed by atoms with Gasteiger partial charge >= 0.3 is 5.97 Å². The average Bonchev–Trinajstić information content (AvgIpc) is 2.74. The van der Waals surface area contributed by atoms with Crippen molar-refractivity contribution in [2.45, 2.75) is 51.3 Å². The highest BCUT2D eigenvalue weighted by Crippen LogP contribution is 2.36. The van der Waals surface area contributed by atoms with Gasteiger partial charge in [-0.3, -0.25) is 4.79 Å². The second kappa shape index (κ2) is 10.3. The SMILES string of the molecule is CC1(C)COC(C)(CCCC(=O)OCCOCCOCCO)N1O. The molecule has 0 aromatic carbocycles. The number of rotatable bonds is 12. The first-order valence-electron chi connectivity index (χ1n) is 8.37. The zero-order valence-corrected chi connectivity index (χ0v) is 15.0. The van der Waals surface area contributed by atoms with Crippen LogP contribution in [0.5, 0.6) is 0 Å². The fourth-order valence-corrected chi connectivity index (χ4v) is 2.51. The van der Waals surface area contributed by atoms with Gasteiger partial charge in [0.25, 0.3) is 0 Å². The summed E-state index contributed by atoms with van der Waals surface area (Å²) in [5, 5.41) is 19.9. The summed E-state index contributed by atoms with van der Waals surface area (Å²) in [6, 6.07) is 0. The van der Waals surface area contributed by atoms with E-state index in [2.05, 4.69) is 0 Å². The van der Waals surface area contributed by atoms with E-state index in [0.29, 0.717) is 45.9 Å². The Bertz CT molecular complexity index is 377. The molecule has 0 bridgehead atoms. The van der Waals surface area contributed by atoms with E-state index >= 15 is 0 Å². The van der Waals surface area contributed by atoms with E-state index in [4.69, 9.17) is 24.1 Å². The summed E-state index contributed by atoms with van der Waals surface area (Å²) in [5.74, 6) is -0.291. The third-order valence-electron chi connectivity index (χ3n) is 3.88. The van der Waals surface area contributed by atoms with Gasteiger partial charge in [-0.15, -0.1) is 0 Å². The number of aliphatic hydroxyl groups excluding tert-OH is 1. The minimum absolute atomic E-state index is 0.00671. The molecule has 1 heterocycles. The zero-order valence-electron chi connectivity index (χ0n) is 15.0. The minimum atomic E-state index is -0.762. The lowest BCUT2D eigenvalue weighted by Crippen LogP contribution is -2.48. The predicted molar refractivity (Wildman–Crippen MR) is 85.6 cm³/mol. The maximum atomic E-state index is 11.7. The molecule has 1 aliphatic heterocycles. The van der Waals surface area contributed by atoms with E-state index in [1.807, 2.05) is 20.8 Å². The molecule has 2 N–H and O–H groups in total. The summed E-state index contributed by atoms with van der Waals surface area (Å²) in [6.07, 6.45) is 1.38. The van der Waals surface area contributed by atoms with Gasteiger partial charge in [-0.2, -0.15) is 5.06 Å². The predicted octanol–water partition coefficient (Wildman–Crippen LogP) is 0.942. The first-order chi connectivity index (χ1) is 11.3. The molecule has 0 aromatic rings. The highest BCUT2D eigenvalue weighted by Gasteiger charge is 2.48. The van der Waals surface area contributed by atoms with Crippen LogP contribution in [0, 0.1) is 0 Å². The van der Waals surface area contributed by atoms with Gasteiger partial charge in [-0.25, -0.2) is 0 Å². The van der Waals surface area contributed by atoms with Gasteiger partial charge in [0, 0.05) is 6.42 Å². The van der Waals surface area contributed by atoms with Crippen LogP contribution in [-0.2, 0) is 23.7 Å². The van der Waals surface area contributed by atoms with Crippen molar-refractivity contribution >= 4 is 5.97 Å². The van der Waals surface area contributed by atoms with Crippen LogP contribution >= 0.6 is 0 Å². The van der Waals surface area contributed by atoms with Gasteiger partial charge in [0.05, 0.1) is 45.2 Å². The van der Waals surface area contributed by atoms with E-state index in [9.17, 15) is 10.0 Å². The Morgan fingerprint density at radius 3 is 2.33 bits per heavy atom. The van der Waals surface area contributed by atoms with E-state index in [0.717, 1.165) is 0 Å². The van der Waals surface area contributed by atoms with Crippen LogP contribution in [0.25, 0.3) is 0 Å². The first kappa shape index (κ1) is 21.3. The molecule has 1 unspecified atom stereocenters. The molecule has 8 heteroatoms. The second-order valence-electron chi connectivity index (χ2n) is 6.61. The smallest absolute Gasteiger partial charge is 0.305 e. The molecular weight excluding hydrogens is 318 g/mol. The molecule has 0 spiro atoms. The Morgan fingerprint density at radius 2 is 1.75 bits per heavy atom. The van der Waals surface area contributed by atoms with Crippen LogP contribution < -0.4 is 0 Å². The van der Waals surface area contributed by atoms with Crippen molar-refractivity contribution in [3.8, 4) is 0 Å². The molecule has 1 fully saturated rings. The summed E-state index contributed by atoms with van der Waals surface area (Å²) in [5.41, 5.74) is -1.19. The largest absolute Gasteiger partial charge is 0.463 e. The molecule has 1 rings (SSSR count). The fraction of sp³-hybridized carbons (Fsp3) is 0.938.